The first-order valence-electron chi connectivity index (χ1n) is 9.71. The summed E-state index contributed by atoms with van der Waals surface area (Å²) in [5.74, 6) is -0.967. The summed E-state index contributed by atoms with van der Waals surface area (Å²) < 4.78 is 11.5. The van der Waals surface area contributed by atoms with E-state index in [0.29, 0.717) is 11.3 Å². The lowest BCUT2D eigenvalue weighted by atomic mass is 10.1. The van der Waals surface area contributed by atoms with Gasteiger partial charge in [-0.2, -0.15) is 9.61 Å². The number of ether oxygens (including phenoxy) is 2. The monoisotopic (exact) mass is 435 g/mol. The van der Waals surface area contributed by atoms with E-state index in [1.807, 2.05) is 42.5 Å². The van der Waals surface area contributed by atoms with Crippen LogP contribution in [-0.2, 0) is 16.1 Å². The van der Waals surface area contributed by atoms with Gasteiger partial charge >= 0.3 is 5.97 Å². The Bertz CT molecular complexity index is 1210. The van der Waals surface area contributed by atoms with E-state index < -0.39 is 5.97 Å². The molecule has 0 unspecified atom stereocenters. The van der Waals surface area contributed by atoms with Crippen molar-refractivity contribution in [2.24, 2.45) is 0 Å². The number of nitrogens with zero attached hydrogens (tertiary/aromatic N) is 3. The molecule has 0 atom stereocenters. The smallest absolute Gasteiger partial charge is 0.345 e. The third-order valence-electron chi connectivity index (χ3n) is 4.59. The number of methoxy groups -OCH3 is 1. The van der Waals surface area contributed by atoms with E-state index in [2.05, 4.69) is 22.2 Å². The van der Waals surface area contributed by atoms with E-state index in [4.69, 9.17) is 9.47 Å². The first-order chi connectivity index (χ1) is 15.1. The van der Waals surface area contributed by atoms with Gasteiger partial charge in [0.2, 0.25) is 5.88 Å². The minimum atomic E-state index is -0.651. The molecule has 4 aromatic rings. The summed E-state index contributed by atoms with van der Waals surface area (Å²) in [5, 5.41) is 15.1. The number of hydrogen-bond acceptors (Lipinski definition) is 7. The molecular formula is C23H21N3O4S. The Kier molecular flexibility index (Phi) is 6.20. The second-order valence-corrected chi connectivity index (χ2v) is 7.79. The highest BCUT2D eigenvalue weighted by molar-refractivity contribution is 7.99. The molecule has 2 aromatic carbocycles. The number of aromatic hydroxyl groups is 1. The van der Waals surface area contributed by atoms with Crippen LogP contribution >= 0.6 is 11.8 Å². The molecule has 0 saturated heterocycles. The number of carbonyl (C=O) groups is 1. The summed E-state index contributed by atoms with van der Waals surface area (Å²) in [6, 6.07) is 18.2. The fourth-order valence-electron chi connectivity index (χ4n) is 3.22. The molecule has 7 nitrogen and oxygen atoms in total. The van der Waals surface area contributed by atoms with Crippen molar-refractivity contribution in [2.45, 2.75) is 23.3 Å². The van der Waals surface area contributed by atoms with Gasteiger partial charge in [-0.3, -0.25) is 0 Å². The number of rotatable bonds is 7. The van der Waals surface area contributed by atoms with Gasteiger partial charge in [-0.1, -0.05) is 42.1 Å². The normalized spacial score (nSPS) is 11.0. The van der Waals surface area contributed by atoms with E-state index in [-0.39, 0.29) is 24.7 Å². The van der Waals surface area contributed by atoms with Gasteiger partial charge < -0.3 is 14.6 Å². The Hall–Kier alpha value is -3.36. The van der Waals surface area contributed by atoms with Crippen LogP contribution in [0.15, 0.2) is 70.6 Å². The largest absolute Gasteiger partial charge is 0.493 e. The van der Waals surface area contributed by atoms with Crippen molar-refractivity contribution in [3.05, 3.63) is 72.1 Å². The van der Waals surface area contributed by atoms with Gasteiger partial charge in [0.05, 0.1) is 24.5 Å². The molecule has 2 aromatic heterocycles. The van der Waals surface area contributed by atoms with Gasteiger partial charge in [0, 0.05) is 23.1 Å². The van der Waals surface area contributed by atoms with E-state index in [0.717, 1.165) is 20.9 Å². The Morgan fingerprint density at radius 1 is 1.10 bits per heavy atom. The Balaban J connectivity index is 1.74. The fraction of sp³-hybridized carbons (Fsp3) is 0.174. The van der Waals surface area contributed by atoms with Crippen molar-refractivity contribution in [1.82, 2.24) is 14.6 Å². The maximum absolute atomic E-state index is 12.1. The highest BCUT2D eigenvalue weighted by Crippen LogP contribution is 2.34. The summed E-state index contributed by atoms with van der Waals surface area (Å²) in [6.45, 7) is 2.12. The van der Waals surface area contributed by atoms with Crippen LogP contribution in [0.25, 0.3) is 16.8 Å². The van der Waals surface area contributed by atoms with Crippen LogP contribution in [0.2, 0.25) is 0 Å². The van der Waals surface area contributed by atoms with Gasteiger partial charge in [-0.25, -0.2) is 9.78 Å². The molecule has 2 heterocycles. The van der Waals surface area contributed by atoms with E-state index in [9.17, 15) is 9.90 Å². The second-order valence-electron chi connectivity index (χ2n) is 6.65. The summed E-state index contributed by atoms with van der Waals surface area (Å²) in [5.41, 5.74) is 2.62. The predicted octanol–water partition coefficient (Wildman–Crippen LogP) is 4.58. The molecule has 0 saturated carbocycles. The van der Waals surface area contributed by atoms with E-state index in [1.54, 1.807) is 25.8 Å². The summed E-state index contributed by atoms with van der Waals surface area (Å²) in [6.07, 6.45) is 1.31. The van der Waals surface area contributed by atoms with Crippen LogP contribution < -0.4 is 0 Å². The first kappa shape index (κ1) is 20.9. The minimum absolute atomic E-state index is 0.0398. The lowest BCUT2D eigenvalue weighted by Crippen LogP contribution is -2.08. The molecule has 0 amide bonds. The zero-order valence-electron chi connectivity index (χ0n) is 17.1. The molecule has 0 spiro atoms. The zero-order chi connectivity index (χ0) is 21.8. The molecule has 0 fully saturated rings. The molecule has 31 heavy (non-hydrogen) atoms. The highest BCUT2D eigenvalue weighted by Gasteiger charge is 2.22. The van der Waals surface area contributed by atoms with Crippen molar-refractivity contribution >= 4 is 23.4 Å². The van der Waals surface area contributed by atoms with Gasteiger partial charge in [-0.05, 0) is 36.8 Å². The van der Waals surface area contributed by atoms with Crippen LogP contribution in [0.3, 0.4) is 0 Å². The van der Waals surface area contributed by atoms with E-state index in [1.165, 1.54) is 10.7 Å². The van der Waals surface area contributed by atoms with Crippen molar-refractivity contribution in [2.75, 3.05) is 13.7 Å². The highest BCUT2D eigenvalue weighted by atomic mass is 32.2. The van der Waals surface area contributed by atoms with Gasteiger partial charge in [0.25, 0.3) is 0 Å². The molecule has 0 radical (unpaired) electrons. The molecule has 0 bridgehead atoms. The first-order valence-corrected chi connectivity index (χ1v) is 10.5. The summed E-state index contributed by atoms with van der Waals surface area (Å²) in [4.78, 5) is 18.7. The third-order valence-corrected chi connectivity index (χ3v) is 5.61. The molecule has 0 aliphatic carbocycles. The number of esters is 1. The van der Waals surface area contributed by atoms with Gasteiger partial charge in [-0.15, -0.1) is 0 Å². The van der Waals surface area contributed by atoms with Gasteiger partial charge in [0.1, 0.15) is 5.56 Å². The second kappa shape index (κ2) is 9.20. The van der Waals surface area contributed by atoms with Crippen LogP contribution in [0.5, 0.6) is 5.88 Å². The van der Waals surface area contributed by atoms with Crippen molar-refractivity contribution in [3.63, 3.8) is 0 Å². The topological polar surface area (TPSA) is 86.0 Å². The average Bonchev–Trinajstić information content (AvgIpc) is 3.15. The van der Waals surface area contributed by atoms with Crippen LogP contribution in [-0.4, -0.2) is 39.4 Å². The Morgan fingerprint density at radius 2 is 1.81 bits per heavy atom. The average molecular weight is 436 g/mol. The SMILES string of the molecule is CCOC(=O)c1cnc2c(-c3ccc(Sc4ccccc4)cc3)c(COC)nn2c1O. The number of fused-ring (bicyclic) bond motifs is 1. The molecule has 0 aliphatic heterocycles. The van der Waals surface area contributed by atoms with Crippen molar-refractivity contribution in [3.8, 4) is 17.0 Å². The standard InChI is InChI=1S/C23H21N3O4S/c1-3-30-23(28)18-13-24-21-20(19(14-29-2)25-26(21)22(18)27)15-9-11-17(12-10-15)31-16-7-5-4-6-8-16/h4-13,27H,3,14H2,1-2H3. The lowest BCUT2D eigenvalue weighted by Gasteiger charge is -2.07. The van der Waals surface area contributed by atoms with Crippen LogP contribution in [0.4, 0.5) is 0 Å². The Morgan fingerprint density at radius 3 is 2.48 bits per heavy atom. The fourth-order valence-corrected chi connectivity index (χ4v) is 4.06. The maximum Gasteiger partial charge on any atom is 0.345 e. The third kappa shape index (κ3) is 4.26. The molecule has 0 aliphatic rings. The molecule has 4 rings (SSSR count). The van der Waals surface area contributed by atoms with Crippen molar-refractivity contribution < 1.29 is 19.4 Å². The zero-order valence-corrected chi connectivity index (χ0v) is 17.9. The number of aromatic nitrogens is 3. The maximum atomic E-state index is 12.1. The number of benzene rings is 2. The summed E-state index contributed by atoms with van der Waals surface area (Å²) >= 11 is 1.67. The number of carbonyl (C=O) groups excluding carboxylic acids is 1. The predicted molar refractivity (Wildman–Crippen MR) is 117 cm³/mol. The molecule has 158 valence electrons. The molecule has 8 heteroatoms. The quantitative estimate of drug-likeness (QED) is 0.425. The molecule has 1 N–H and O–H groups in total. The lowest BCUT2D eigenvalue weighted by molar-refractivity contribution is 0.0521. The number of hydrogen-bond donors (Lipinski definition) is 1. The van der Waals surface area contributed by atoms with Crippen LogP contribution in [0, 0.1) is 0 Å². The van der Waals surface area contributed by atoms with Gasteiger partial charge in [0.15, 0.2) is 5.65 Å². The minimum Gasteiger partial charge on any atom is -0.493 e. The van der Waals surface area contributed by atoms with E-state index >= 15 is 0 Å². The Labute approximate surface area is 183 Å². The summed E-state index contributed by atoms with van der Waals surface area (Å²) in [7, 11) is 1.57. The van der Waals surface area contributed by atoms with Crippen LogP contribution in [0.1, 0.15) is 23.0 Å². The van der Waals surface area contributed by atoms with Crippen molar-refractivity contribution in [1.29, 1.82) is 0 Å². The molecular weight excluding hydrogens is 414 g/mol.